The molecule has 0 radical (unpaired) electrons. The Labute approximate surface area is 107 Å². The zero-order valence-corrected chi connectivity index (χ0v) is 10.8. The highest BCUT2D eigenvalue weighted by Gasteiger charge is 2.15. The molecule has 96 valence electrons. The molecule has 0 spiro atoms. The Balaban J connectivity index is 2.27. The molecule has 1 aromatic carbocycles. The van der Waals surface area contributed by atoms with E-state index in [-0.39, 0.29) is 6.04 Å². The van der Waals surface area contributed by atoms with Crippen molar-refractivity contribution in [3.05, 3.63) is 48.0 Å². The summed E-state index contributed by atoms with van der Waals surface area (Å²) >= 11 is 0. The third-order valence-corrected chi connectivity index (χ3v) is 2.70. The summed E-state index contributed by atoms with van der Waals surface area (Å²) in [4.78, 5) is 7.49. The smallest absolute Gasteiger partial charge is 0.127 e. The van der Waals surface area contributed by atoms with E-state index in [9.17, 15) is 0 Å². The molecule has 2 aromatic rings. The number of H-pyrrole nitrogens is 1. The minimum absolute atomic E-state index is 0.0745. The van der Waals surface area contributed by atoms with Crippen LogP contribution in [-0.2, 0) is 0 Å². The van der Waals surface area contributed by atoms with E-state index in [0.29, 0.717) is 6.61 Å². The Morgan fingerprint density at radius 1 is 1.39 bits per heavy atom. The predicted molar refractivity (Wildman–Crippen MR) is 71.7 cm³/mol. The van der Waals surface area contributed by atoms with Crippen LogP contribution in [0.25, 0.3) is 0 Å². The van der Waals surface area contributed by atoms with E-state index in [0.717, 1.165) is 23.7 Å². The molecule has 0 amide bonds. The summed E-state index contributed by atoms with van der Waals surface area (Å²) in [6, 6.07) is 8.19. The fourth-order valence-electron chi connectivity index (χ4n) is 1.96. The van der Waals surface area contributed by atoms with Crippen molar-refractivity contribution in [1.82, 2.24) is 15.3 Å². The quantitative estimate of drug-likeness (QED) is 0.822. The topological polar surface area (TPSA) is 49.9 Å². The van der Waals surface area contributed by atoms with Crippen LogP contribution >= 0.6 is 0 Å². The first-order valence-electron chi connectivity index (χ1n) is 6.30. The largest absolute Gasteiger partial charge is 0.494 e. The average Bonchev–Trinajstić information content (AvgIpc) is 2.90. The molecule has 4 nitrogen and oxygen atoms in total. The lowest BCUT2D eigenvalue weighted by atomic mass is 10.1. The minimum atomic E-state index is 0.0745. The van der Waals surface area contributed by atoms with Gasteiger partial charge in [-0.25, -0.2) is 4.98 Å². The van der Waals surface area contributed by atoms with Crippen molar-refractivity contribution in [2.24, 2.45) is 0 Å². The van der Waals surface area contributed by atoms with Gasteiger partial charge in [0.2, 0.25) is 0 Å². The fourth-order valence-corrected chi connectivity index (χ4v) is 1.96. The van der Waals surface area contributed by atoms with Gasteiger partial charge in [0.25, 0.3) is 0 Å². The van der Waals surface area contributed by atoms with Crippen LogP contribution in [0.1, 0.15) is 31.3 Å². The highest BCUT2D eigenvalue weighted by Crippen LogP contribution is 2.23. The second-order valence-electron chi connectivity index (χ2n) is 3.97. The lowest BCUT2D eigenvalue weighted by Crippen LogP contribution is -2.23. The number of benzene rings is 1. The van der Waals surface area contributed by atoms with Crippen molar-refractivity contribution in [3.8, 4) is 5.75 Å². The molecular formula is C14H19N3O. The zero-order chi connectivity index (χ0) is 12.8. The number of ether oxygens (including phenoxy) is 1. The van der Waals surface area contributed by atoms with Crippen molar-refractivity contribution in [1.29, 1.82) is 0 Å². The summed E-state index contributed by atoms with van der Waals surface area (Å²) < 4.78 is 5.53. The summed E-state index contributed by atoms with van der Waals surface area (Å²) in [5, 5.41) is 3.42. The zero-order valence-electron chi connectivity index (χ0n) is 10.8. The summed E-state index contributed by atoms with van der Waals surface area (Å²) in [5.41, 5.74) is 1.15. The van der Waals surface area contributed by atoms with Gasteiger partial charge in [0.15, 0.2) is 0 Å². The number of rotatable bonds is 6. The summed E-state index contributed by atoms with van der Waals surface area (Å²) in [6.45, 7) is 5.63. The van der Waals surface area contributed by atoms with E-state index >= 15 is 0 Å². The molecule has 2 rings (SSSR count). The van der Waals surface area contributed by atoms with Gasteiger partial charge in [-0.1, -0.05) is 19.1 Å². The minimum Gasteiger partial charge on any atom is -0.494 e. The van der Waals surface area contributed by atoms with Gasteiger partial charge in [0.05, 0.1) is 12.6 Å². The van der Waals surface area contributed by atoms with Gasteiger partial charge in [-0.05, 0) is 31.2 Å². The Morgan fingerprint density at radius 3 is 2.94 bits per heavy atom. The van der Waals surface area contributed by atoms with Crippen molar-refractivity contribution in [2.75, 3.05) is 13.2 Å². The van der Waals surface area contributed by atoms with Crippen LogP contribution in [0.3, 0.4) is 0 Å². The van der Waals surface area contributed by atoms with Gasteiger partial charge in [0.1, 0.15) is 11.6 Å². The molecule has 1 aromatic heterocycles. The third kappa shape index (κ3) is 2.90. The maximum Gasteiger partial charge on any atom is 0.127 e. The number of hydrogen-bond acceptors (Lipinski definition) is 3. The number of imidazole rings is 1. The van der Waals surface area contributed by atoms with Crippen LogP contribution in [0.4, 0.5) is 0 Å². The van der Waals surface area contributed by atoms with Gasteiger partial charge in [-0.15, -0.1) is 0 Å². The van der Waals surface area contributed by atoms with Gasteiger partial charge in [-0.2, -0.15) is 0 Å². The Kier molecular flexibility index (Phi) is 4.36. The van der Waals surface area contributed by atoms with Crippen molar-refractivity contribution in [3.63, 3.8) is 0 Å². The standard InChI is InChI=1S/C14H19N3O/c1-3-15-13(14-16-8-9-17-14)11-6-5-7-12(10-11)18-4-2/h5-10,13,15H,3-4H2,1-2H3,(H,16,17). The second-order valence-corrected chi connectivity index (χ2v) is 3.97. The van der Waals surface area contributed by atoms with Gasteiger partial charge < -0.3 is 15.0 Å². The van der Waals surface area contributed by atoms with Crippen molar-refractivity contribution >= 4 is 0 Å². The second kappa shape index (κ2) is 6.21. The average molecular weight is 245 g/mol. The first kappa shape index (κ1) is 12.6. The maximum atomic E-state index is 5.53. The highest BCUT2D eigenvalue weighted by atomic mass is 16.5. The molecule has 0 aliphatic carbocycles. The summed E-state index contributed by atoms with van der Waals surface area (Å²) in [6.07, 6.45) is 3.61. The van der Waals surface area contributed by atoms with Crippen molar-refractivity contribution < 1.29 is 4.74 Å². The molecule has 1 atom stereocenters. The maximum absolute atomic E-state index is 5.53. The number of nitrogens with one attached hydrogen (secondary N) is 2. The molecule has 0 saturated heterocycles. The Morgan fingerprint density at radius 2 is 2.28 bits per heavy atom. The lowest BCUT2D eigenvalue weighted by Gasteiger charge is -2.17. The van der Waals surface area contributed by atoms with Crippen LogP contribution in [0.5, 0.6) is 5.75 Å². The third-order valence-electron chi connectivity index (χ3n) is 2.70. The van der Waals surface area contributed by atoms with Gasteiger partial charge in [-0.3, -0.25) is 0 Å². The molecule has 4 heteroatoms. The van der Waals surface area contributed by atoms with Crippen LogP contribution in [-0.4, -0.2) is 23.1 Å². The Bertz CT molecular complexity index is 468. The molecule has 0 saturated carbocycles. The summed E-state index contributed by atoms with van der Waals surface area (Å²) in [5.74, 6) is 1.81. The van der Waals surface area contributed by atoms with Crippen LogP contribution in [0, 0.1) is 0 Å². The number of aromatic amines is 1. The Hall–Kier alpha value is -1.81. The van der Waals surface area contributed by atoms with E-state index in [1.165, 1.54) is 0 Å². The normalized spacial score (nSPS) is 12.3. The first-order valence-corrected chi connectivity index (χ1v) is 6.30. The molecule has 1 unspecified atom stereocenters. The van der Waals surface area contributed by atoms with Gasteiger partial charge >= 0.3 is 0 Å². The van der Waals surface area contributed by atoms with Crippen LogP contribution in [0.15, 0.2) is 36.7 Å². The highest BCUT2D eigenvalue weighted by molar-refractivity contribution is 5.33. The SMILES string of the molecule is CCNC(c1cccc(OCC)c1)c1ncc[nH]1. The first-order chi connectivity index (χ1) is 8.85. The molecule has 0 bridgehead atoms. The molecule has 1 heterocycles. The molecule has 18 heavy (non-hydrogen) atoms. The predicted octanol–water partition coefficient (Wildman–Crippen LogP) is 2.51. The van der Waals surface area contributed by atoms with E-state index in [2.05, 4.69) is 34.3 Å². The fraction of sp³-hybridized carbons (Fsp3) is 0.357. The number of aromatic nitrogens is 2. The number of hydrogen-bond donors (Lipinski definition) is 2. The van der Waals surface area contributed by atoms with Crippen LogP contribution in [0.2, 0.25) is 0 Å². The van der Waals surface area contributed by atoms with Gasteiger partial charge in [0, 0.05) is 12.4 Å². The molecular weight excluding hydrogens is 226 g/mol. The molecule has 0 fully saturated rings. The van der Waals surface area contributed by atoms with Crippen LogP contribution < -0.4 is 10.1 Å². The molecule has 2 N–H and O–H groups in total. The van der Waals surface area contributed by atoms with Crippen molar-refractivity contribution in [2.45, 2.75) is 19.9 Å². The van der Waals surface area contributed by atoms with E-state index < -0.39 is 0 Å². The monoisotopic (exact) mass is 245 g/mol. The molecule has 0 aliphatic heterocycles. The van der Waals surface area contributed by atoms with E-state index in [4.69, 9.17) is 4.74 Å². The van der Waals surface area contributed by atoms with E-state index in [1.54, 1.807) is 6.20 Å². The number of nitrogens with zero attached hydrogens (tertiary/aromatic N) is 1. The summed E-state index contributed by atoms with van der Waals surface area (Å²) in [7, 11) is 0. The lowest BCUT2D eigenvalue weighted by molar-refractivity contribution is 0.339. The molecule has 0 aliphatic rings. The van der Waals surface area contributed by atoms with E-state index in [1.807, 2.05) is 25.3 Å².